The van der Waals surface area contributed by atoms with Gasteiger partial charge in [0.25, 0.3) is 0 Å². The molecule has 0 unspecified atom stereocenters. The minimum atomic E-state index is 0.736. The third kappa shape index (κ3) is 4.53. The van der Waals surface area contributed by atoms with Gasteiger partial charge in [0.15, 0.2) is 0 Å². The fourth-order valence-corrected chi connectivity index (χ4v) is 5.00. The molecule has 0 amide bonds. The summed E-state index contributed by atoms with van der Waals surface area (Å²) in [7, 11) is 0. The van der Waals surface area contributed by atoms with E-state index in [1.165, 1.54) is 101 Å². The van der Waals surface area contributed by atoms with E-state index < -0.39 is 0 Å². The Morgan fingerprint density at radius 2 is 1.43 bits per heavy atom. The van der Waals surface area contributed by atoms with Crippen molar-refractivity contribution in [2.24, 2.45) is 0 Å². The second-order valence-electron chi connectivity index (χ2n) is 6.77. The van der Waals surface area contributed by atoms with Crippen LogP contribution < -0.4 is 5.32 Å². The molecule has 3 heteroatoms. The van der Waals surface area contributed by atoms with Crippen molar-refractivity contribution in [3.63, 3.8) is 0 Å². The van der Waals surface area contributed by atoms with Crippen LogP contribution in [-0.4, -0.2) is 18.1 Å². The number of piperidine rings is 1. The van der Waals surface area contributed by atoms with Crippen LogP contribution in [-0.2, 0) is 12.8 Å². The number of nitrogens with zero attached hydrogens (tertiary/aromatic N) is 1. The standard InChI is InChI=1S/C18H30N2S/c1-2-4-6-8-10-17-16(9-7-5-3-1)20-18(21-17)15-11-13-19-14-12-15/h15,19H,1-14H2. The van der Waals surface area contributed by atoms with Gasteiger partial charge in [-0.05, 0) is 51.6 Å². The Labute approximate surface area is 133 Å². The molecule has 0 spiro atoms. The van der Waals surface area contributed by atoms with E-state index >= 15 is 0 Å². The summed E-state index contributed by atoms with van der Waals surface area (Å²) in [6.45, 7) is 2.35. The van der Waals surface area contributed by atoms with Crippen LogP contribution >= 0.6 is 11.3 Å². The largest absolute Gasteiger partial charge is 0.317 e. The van der Waals surface area contributed by atoms with Crippen molar-refractivity contribution in [2.45, 2.75) is 83.0 Å². The van der Waals surface area contributed by atoms with Crippen molar-refractivity contribution in [2.75, 3.05) is 13.1 Å². The fourth-order valence-electron chi connectivity index (χ4n) is 3.68. The van der Waals surface area contributed by atoms with Gasteiger partial charge in [-0.2, -0.15) is 0 Å². The number of hydrogen-bond acceptors (Lipinski definition) is 3. The van der Waals surface area contributed by atoms with Crippen molar-refractivity contribution < 1.29 is 0 Å². The van der Waals surface area contributed by atoms with Crippen LogP contribution in [0.1, 0.15) is 85.7 Å². The van der Waals surface area contributed by atoms with Crippen LogP contribution in [0.15, 0.2) is 0 Å². The molecule has 1 fully saturated rings. The molecule has 1 saturated heterocycles. The molecular formula is C18H30N2S. The van der Waals surface area contributed by atoms with Gasteiger partial charge in [0.2, 0.25) is 0 Å². The summed E-state index contributed by atoms with van der Waals surface area (Å²) in [6, 6.07) is 0. The second-order valence-corrected chi connectivity index (χ2v) is 7.89. The zero-order valence-corrected chi connectivity index (χ0v) is 14.1. The highest BCUT2D eigenvalue weighted by molar-refractivity contribution is 7.11. The Kier molecular flexibility index (Phi) is 6.11. The summed E-state index contributed by atoms with van der Waals surface area (Å²) in [6.07, 6.45) is 16.4. The highest BCUT2D eigenvalue weighted by atomic mass is 32.1. The van der Waals surface area contributed by atoms with Crippen molar-refractivity contribution in [3.05, 3.63) is 15.6 Å². The summed E-state index contributed by atoms with van der Waals surface area (Å²) >= 11 is 2.05. The molecule has 0 aromatic carbocycles. The molecule has 118 valence electrons. The number of hydrogen-bond donors (Lipinski definition) is 1. The first-order valence-corrected chi connectivity index (χ1v) is 9.94. The first-order chi connectivity index (χ1) is 10.4. The molecule has 2 aliphatic rings. The first-order valence-electron chi connectivity index (χ1n) is 9.12. The van der Waals surface area contributed by atoms with E-state index in [1.54, 1.807) is 4.88 Å². The minimum absolute atomic E-state index is 0.736. The zero-order valence-electron chi connectivity index (χ0n) is 13.3. The normalized spacial score (nSPS) is 23.0. The van der Waals surface area contributed by atoms with Crippen molar-refractivity contribution >= 4 is 11.3 Å². The lowest BCUT2D eigenvalue weighted by Crippen LogP contribution is -2.26. The maximum absolute atomic E-state index is 5.09. The van der Waals surface area contributed by atoms with Gasteiger partial charge in [-0.1, -0.05) is 38.5 Å². The molecule has 1 N–H and O–H groups in total. The molecule has 1 aliphatic carbocycles. The van der Waals surface area contributed by atoms with Gasteiger partial charge in [0.05, 0.1) is 10.7 Å². The number of thiazole rings is 1. The number of aryl methyl sites for hydroxylation is 2. The van der Waals surface area contributed by atoms with Crippen molar-refractivity contribution in [1.29, 1.82) is 0 Å². The van der Waals surface area contributed by atoms with Crippen LogP contribution in [0.3, 0.4) is 0 Å². The lowest BCUT2D eigenvalue weighted by atomic mass is 9.99. The van der Waals surface area contributed by atoms with Gasteiger partial charge in [-0.25, -0.2) is 4.98 Å². The molecule has 1 aromatic rings. The molecule has 0 atom stereocenters. The van der Waals surface area contributed by atoms with Crippen LogP contribution in [0.4, 0.5) is 0 Å². The van der Waals surface area contributed by atoms with Gasteiger partial charge < -0.3 is 5.32 Å². The maximum Gasteiger partial charge on any atom is 0.0962 e. The van der Waals surface area contributed by atoms with Gasteiger partial charge >= 0.3 is 0 Å². The van der Waals surface area contributed by atoms with E-state index in [2.05, 4.69) is 16.7 Å². The van der Waals surface area contributed by atoms with Gasteiger partial charge in [0.1, 0.15) is 0 Å². The Hall–Kier alpha value is -0.410. The third-order valence-corrected chi connectivity index (χ3v) is 6.37. The monoisotopic (exact) mass is 306 g/mol. The highest BCUT2D eigenvalue weighted by Crippen LogP contribution is 2.32. The number of nitrogens with one attached hydrogen (secondary N) is 1. The van der Waals surface area contributed by atoms with Crippen LogP contribution in [0, 0.1) is 0 Å². The molecule has 1 aliphatic heterocycles. The van der Waals surface area contributed by atoms with Crippen molar-refractivity contribution in [3.8, 4) is 0 Å². The Bertz CT molecular complexity index is 391. The fraction of sp³-hybridized carbons (Fsp3) is 0.833. The highest BCUT2D eigenvalue weighted by Gasteiger charge is 2.21. The molecule has 3 rings (SSSR count). The topological polar surface area (TPSA) is 24.9 Å². The predicted molar refractivity (Wildman–Crippen MR) is 91.3 cm³/mol. The van der Waals surface area contributed by atoms with E-state index in [-0.39, 0.29) is 0 Å². The predicted octanol–water partition coefficient (Wildman–Crippen LogP) is 4.83. The molecule has 0 bridgehead atoms. The lowest BCUT2D eigenvalue weighted by molar-refractivity contribution is 0.458. The second kappa shape index (κ2) is 8.28. The summed E-state index contributed by atoms with van der Waals surface area (Å²) < 4.78 is 0. The number of aromatic nitrogens is 1. The molecule has 0 radical (unpaired) electrons. The average molecular weight is 307 g/mol. The average Bonchev–Trinajstić information content (AvgIpc) is 2.91. The SMILES string of the molecule is C1CCCCCc2sc(C3CCNCC3)nc2CCCC1. The minimum Gasteiger partial charge on any atom is -0.317 e. The molecule has 2 nitrogen and oxygen atoms in total. The summed E-state index contributed by atoms with van der Waals surface area (Å²) in [4.78, 5) is 6.72. The van der Waals surface area contributed by atoms with E-state index in [0.29, 0.717) is 0 Å². The smallest absolute Gasteiger partial charge is 0.0962 e. The van der Waals surface area contributed by atoms with E-state index in [9.17, 15) is 0 Å². The molecular weight excluding hydrogens is 276 g/mol. The quantitative estimate of drug-likeness (QED) is 0.804. The van der Waals surface area contributed by atoms with Crippen LogP contribution in [0.25, 0.3) is 0 Å². The van der Waals surface area contributed by atoms with Gasteiger partial charge in [0, 0.05) is 10.8 Å². The summed E-state index contributed by atoms with van der Waals surface area (Å²) in [5, 5.41) is 4.93. The molecule has 0 saturated carbocycles. The molecule has 2 heterocycles. The first kappa shape index (κ1) is 15.5. The summed E-state index contributed by atoms with van der Waals surface area (Å²) in [5.74, 6) is 0.736. The lowest BCUT2D eigenvalue weighted by Gasteiger charge is -2.20. The Morgan fingerprint density at radius 1 is 0.810 bits per heavy atom. The number of rotatable bonds is 1. The van der Waals surface area contributed by atoms with Crippen LogP contribution in [0.5, 0.6) is 0 Å². The van der Waals surface area contributed by atoms with Crippen LogP contribution in [0.2, 0.25) is 0 Å². The molecule has 21 heavy (non-hydrogen) atoms. The summed E-state index contributed by atoms with van der Waals surface area (Å²) in [5.41, 5.74) is 1.47. The maximum atomic E-state index is 5.09. The Morgan fingerprint density at radius 3 is 2.14 bits per heavy atom. The Balaban J connectivity index is 1.69. The van der Waals surface area contributed by atoms with E-state index in [4.69, 9.17) is 4.98 Å². The van der Waals surface area contributed by atoms with Crippen molar-refractivity contribution in [1.82, 2.24) is 10.3 Å². The van der Waals surface area contributed by atoms with E-state index in [1.807, 2.05) is 0 Å². The number of fused-ring (bicyclic) bond motifs is 1. The van der Waals surface area contributed by atoms with Gasteiger partial charge in [-0.3, -0.25) is 0 Å². The van der Waals surface area contributed by atoms with Gasteiger partial charge in [-0.15, -0.1) is 11.3 Å². The molecule has 1 aromatic heterocycles. The van der Waals surface area contributed by atoms with E-state index in [0.717, 1.165) is 5.92 Å². The zero-order chi connectivity index (χ0) is 14.3. The third-order valence-electron chi connectivity index (χ3n) is 5.05.